The lowest BCUT2D eigenvalue weighted by atomic mass is 10.1. The molecule has 94 valence electrons. The van der Waals surface area contributed by atoms with E-state index >= 15 is 0 Å². The Hall–Kier alpha value is -1.16. The minimum absolute atomic E-state index is 0.841. The molecule has 0 atom stereocenters. The summed E-state index contributed by atoms with van der Waals surface area (Å²) in [5.74, 6) is 0. The van der Waals surface area contributed by atoms with Crippen molar-refractivity contribution in [3.8, 4) is 5.06 Å². The first kappa shape index (κ1) is 13.9. The van der Waals surface area contributed by atoms with Crippen LogP contribution in [0, 0.1) is 0 Å². The number of aromatic nitrogens is 2. The molecular formula is C13H20N2OS. The Morgan fingerprint density at radius 3 is 2.76 bits per heavy atom. The van der Waals surface area contributed by atoms with Gasteiger partial charge in [0.15, 0.2) is 5.06 Å². The maximum atomic E-state index is 5.56. The van der Waals surface area contributed by atoms with Gasteiger partial charge in [-0.1, -0.05) is 39.0 Å². The summed E-state index contributed by atoms with van der Waals surface area (Å²) in [7, 11) is 0. The number of nitrogens with zero attached hydrogens (tertiary/aromatic N) is 2. The van der Waals surface area contributed by atoms with Gasteiger partial charge in [0, 0.05) is 17.1 Å². The van der Waals surface area contributed by atoms with Gasteiger partial charge in [0.05, 0.1) is 6.61 Å². The first-order chi connectivity index (χ1) is 8.45. The third-order valence-electron chi connectivity index (χ3n) is 2.24. The molecule has 0 aromatic carbocycles. The fourth-order valence-corrected chi connectivity index (χ4v) is 2.67. The molecule has 0 saturated carbocycles. The van der Waals surface area contributed by atoms with Crippen LogP contribution in [-0.2, 0) is 6.42 Å². The van der Waals surface area contributed by atoms with Crippen molar-refractivity contribution in [2.45, 2.75) is 40.5 Å². The maximum Gasteiger partial charge on any atom is 0.179 e. The van der Waals surface area contributed by atoms with Crippen LogP contribution in [0.2, 0.25) is 0 Å². The van der Waals surface area contributed by atoms with Crippen LogP contribution in [0.3, 0.4) is 0 Å². The molecule has 0 spiro atoms. The van der Waals surface area contributed by atoms with Crippen molar-refractivity contribution < 1.29 is 4.74 Å². The lowest BCUT2D eigenvalue weighted by molar-refractivity contribution is 0.299. The summed E-state index contributed by atoms with van der Waals surface area (Å²) in [6, 6.07) is 0. The van der Waals surface area contributed by atoms with Crippen molar-refractivity contribution in [1.29, 1.82) is 0 Å². The summed E-state index contributed by atoms with van der Waals surface area (Å²) in [5, 5.41) is 2.21. The molecule has 17 heavy (non-hydrogen) atoms. The highest BCUT2D eigenvalue weighted by Gasteiger charge is 2.17. The summed E-state index contributed by atoms with van der Waals surface area (Å²) in [4.78, 5) is 9.29. The van der Waals surface area contributed by atoms with Crippen molar-refractivity contribution in [3.05, 3.63) is 18.1 Å². The summed E-state index contributed by atoms with van der Waals surface area (Å²) in [5.41, 5.74) is 1.30. The molecule has 0 amide bonds. The number of hydrogen-bond donors (Lipinski definition) is 0. The van der Waals surface area contributed by atoms with Crippen molar-refractivity contribution in [2.24, 2.45) is 0 Å². The van der Waals surface area contributed by atoms with Gasteiger partial charge >= 0.3 is 0 Å². The van der Waals surface area contributed by atoms with E-state index in [1.54, 1.807) is 17.7 Å². The molecule has 0 aliphatic carbocycles. The average molecular weight is 252 g/mol. The van der Waals surface area contributed by atoms with Crippen LogP contribution in [0.25, 0.3) is 10.2 Å². The Bertz CT molecular complexity index is 454. The van der Waals surface area contributed by atoms with Crippen LogP contribution < -0.4 is 4.74 Å². The van der Waals surface area contributed by atoms with Crippen molar-refractivity contribution in [1.82, 2.24) is 9.97 Å². The molecule has 0 N–H and O–H groups in total. The number of thiophene rings is 1. The third kappa shape index (κ3) is 2.94. The number of hydrogen-bond acceptors (Lipinski definition) is 4. The zero-order valence-electron chi connectivity index (χ0n) is 11.0. The Kier molecular flexibility index (Phi) is 5.91. The van der Waals surface area contributed by atoms with Crippen LogP contribution in [0.4, 0.5) is 0 Å². The van der Waals surface area contributed by atoms with Crippen LogP contribution >= 0.6 is 11.3 Å². The monoisotopic (exact) mass is 252 g/mol. The van der Waals surface area contributed by atoms with Gasteiger partial charge in [0.1, 0.15) is 11.2 Å². The van der Waals surface area contributed by atoms with E-state index in [9.17, 15) is 0 Å². The Balaban J connectivity index is 0.000000330. The van der Waals surface area contributed by atoms with Gasteiger partial charge in [-0.15, -0.1) is 0 Å². The van der Waals surface area contributed by atoms with Crippen molar-refractivity contribution in [3.63, 3.8) is 0 Å². The summed E-state index contributed by atoms with van der Waals surface area (Å²) in [6.07, 6.45) is 5.67. The Morgan fingerprint density at radius 1 is 1.24 bits per heavy atom. The van der Waals surface area contributed by atoms with Crippen molar-refractivity contribution >= 4 is 21.6 Å². The van der Waals surface area contributed by atoms with Crippen LogP contribution in [0.1, 0.15) is 39.7 Å². The standard InChI is InChI=1S/C9H8N2OS.2C2H6/c1-2-6-7-4-10-5-11-8(7)13-9(6)12-3-1;2*1-2/h4-5H,1-3H2;2*1-2H3. The quantitative estimate of drug-likeness (QED) is 0.709. The highest BCUT2D eigenvalue weighted by atomic mass is 32.1. The molecule has 0 radical (unpaired) electrons. The molecule has 1 aliphatic rings. The normalized spacial score (nSPS) is 12.5. The number of rotatable bonds is 0. The van der Waals surface area contributed by atoms with Gasteiger partial charge in [-0.05, 0) is 12.8 Å². The zero-order valence-corrected chi connectivity index (χ0v) is 11.8. The Morgan fingerprint density at radius 2 is 2.00 bits per heavy atom. The maximum absolute atomic E-state index is 5.56. The molecule has 4 heteroatoms. The second-order valence-electron chi connectivity index (χ2n) is 3.06. The second kappa shape index (κ2) is 7.22. The van der Waals surface area contributed by atoms with Gasteiger partial charge in [-0.25, -0.2) is 9.97 Å². The average Bonchev–Trinajstić information content (AvgIpc) is 2.82. The zero-order chi connectivity index (χ0) is 12.7. The summed E-state index contributed by atoms with van der Waals surface area (Å²) in [6.45, 7) is 8.84. The lowest BCUT2D eigenvalue weighted by Gasteiger charge is -2.11. The fourth-order valence-electron chi connectivity index (χ4n) is 1.63. The third-order valence-corrected chi connectivity index (χ3v) is 3.31. The van der Waals surface area contributed by atoms with E-state index in [1.807, 2.05) is 33.9 Å². The van der Waals surface area contributed by atoms with E-state index in [2.05, 4.69) is 9.97 Å². The van der Waals surface area contributed by atoms with Crippen molar-refractivity contribution in [2.75, 3.05) is 6.61 Å². The van der Waals surface area contributed by atoms with Crippen LogP contribution in [-0.4, -0.2) is 16.6 Å². The minimum atomic E-state index is 0.841. The van der Waals surface area contributed by atoms with Gasteiger partial charge in [0.25, 0.3) is 0 Å². The molecule has 2 aromatic heterocycles. The molecule has 0 bridgehead atoms. The van der Waals surface area contributed by atoms with Gasteiger partial charge in [0.2, 0.25) is 0 Å². The van der Waals surface area contributed by atoms with E-state index < -0.39 is 0 Å². The minimum Gasteiger partial charge on any atom is -0.484 e. The highest BCUT2D eigenvalue weighted by Crippen LogP contribution is 2.38. The smallest absolute Gasteiger partial charge is 0.179 e. The molecule has 0 fully saturated rings. The van der Waals surface area contributed by atoms with E-state index in [1.165, 1.54) is 10.9 Å². The molecule has 2 aromatic rings. The van der Waals surface area contributed by atoms with Gasteiger partial charge in [-0.3, -0.25) is 0 Å². The van der Waals surface area contributed by atoms with E-state index in [4.69, 9.17) is 4.74 Å². The molecular weight excluding hydrogens is 232 g/mol. The SMILES string of the molecule is CC.CC.c1ncc2c3c(sc2n1)OCCC3. The van der Waals surface area contributed by atoms with E-state index in [0.29, 0.717) is 0 Å². The second-order valence-corrected chi connectivity index (χ2v) is 4.02. The predicted octanol–water partition coefficient (Wildman–Crippen LogP) is 4.07. The highest BCUT2D eigenvalue weighted by molar-refractivity contribution is 7.20. The first-order valence-electron chi connectivity index (χ1n) is 6.29. The Labute approximate surface area is 107 Å². The number of aryl methyl sites for hydroxylation is 1. The molecule has 3 nitrogen and oxygen atoms in total. The van der Waals surface area contributed by atoms with E-state index in [0.717, 1.165) is 29.3 Å². The van der Waals surface area contributed by atoms with Crippen LogP contribution in [0.5, 0.6) is 5.06 Å². The van der Waals surface area contributed by atoms with E-state index in [-0.39, 0.29) is 0 Å². The van der Waals surface area contributed by atoms with Gasteiger partial charge < -0.3 is 4.74 Å². The lowest BCUT2D eigenvalue weighted by Crippen LogP contribution is -2.05. The summed E-state index contributed by atoms with van der Waals surface area (Å²) < 4.78 is 5.56. The topological polar surface area (TPSA) is 35.0 Å². The van der Waals surface area contributed by atoms with Gasteiger partial charge in [-0.2, -0.15) is 0 Å². The first-order valence-corrected chi connectivity index (χ1v) is 7.11. The predicted molar refractivity (Wildman–Crippen MR) is 73.9 cm³/mol. The molecule has 3 rings (SSSR count). The molecule has 3 heterocycles. The van der Waals surface area contributed by atoms with Crippen LogP contribution in [0.15, 0.2) is 12.5 Å². The number of ether oxygens (including phenoxy) is 1. The summed E-state index contributed by atoms with van der Waals surface area (Å²) >= 11 is 1.63. The fraction of sp³-hybridized carbons (Fsp3) is 0.538. The molecule has 1 aliphatic heterocycles. The molecule has 0 saturated heterocycles. The largest absolute Gasteiger partial charge is 0.484 e. The number of fused-ring (bicyclic) bond motifs is 3. The molecule has 0 unspecified atom stereocenters.